The van der Waals surface area contributed by atoms with Crippen LogP contribution in [0.4, 0.5) is 4.79 Å². The molecule has 0 aliphatic heterocycles. The minimum Gasteiger partial charge on any atom is -0.447 e. The molecule has 0 aromatic heterocycles. The van der Waals surface area contributed by atoms with Crippen LogP contribution in [-0.2, 0) is 4.74 Å². The molecule has 2 N–H and O–H groups in total. The summed E-state index contributed by atoms with van der Waals surface area (Å²) in [5.41, 5.74) is 5.29. The Labute approximate surface area is 84.0 Å². The van der Waals surface area contributed by atoms with Crippen LogP contribution in [0.3, 0.4) is 0 Å². The van der Waals surface area contributed by atoms with Crippen LogP contribution >= 0.6 is 12.2 Å². The summed E-state index contributed by atoms with van der Waals surface area (Å²) in [6.07, 6.45) is 0.0880. The molecule has 0 atom stereocenters. The molecule has 1 amide bonds. The van der Waals surface area contributed by atoms with Gasteiger partial charge in [0, 0.05) is 20.0 Å². The fourth-order valence-electron chi connectivity index (χ4n) is 0.661. The molecule has 0 spiro atoms. The molecule has 0 saturated carbocycles. The molecule has 0 aliphatic rings. The van der Waals surface area contributed by atoms with Crippen LogP contribution in [0.15, 0.2) is 0 Å². The van der Waals surface area contributed by atoms with Crippen LogP contribution in [0.25, 0.3) is 0 Å². The molecule has 5 heteroatoms. The number of ether oxygens (including phenoxy) is 1. The highest BCUT2D eigenvalue weighted by atomic mass is 32.1. The third-order valence-corrected chi connectivity index (χ3v) is 1.55. The Bertz CT molecular complexity index is 195. The Morgan fingerprint density at radius 3 is 2.54 bits per heavy atom. The minimum atomic E-state index is -0.341. The van der Waals surface area contributed by atoms with Crippen LogP contribution in [-0.4, -0.2) is 35.7 Å². The van der Waals surface area contributed by atoms with Crippen molar-refractivity contribution in [3.05, 3.63) is 0 Å². The van der Waals surface area contributed by atoms with Crippen molar-refractivity contribution in [2.75, 3.05) is 13.6 Å². The van der Waals surface area contributed by atoms with E-state index in [9.17, 15) is 4.79 Å². The van der Waals surface area contributed by atoms with Crippen molar-refractivity contribution in [2.24, 2.45) is 5.73 Å². The van der Waals surface area contributed by atoms with E-state index in [4.69, 9.17) is 10.5 Å². The van der Waals surface area contributed by atoms with Crippen molar-refractivity contribution in [1.82, 2.24) is 4.90 Å². The summed E-state index contributed by atoms with van der Waals surface area (Å²) in [4.78, 5) is 13.0. The number of carbonyl (C=O) groups is 1. The van der Waals surface area contributed by atoms with Crippen molar-refractivity contribution < 1.29 is 9.53 Å². The van der Waals surface area contributed by atoms with Gasteiger partial charge in [-0.25, -0.2) is 4.79 Å². The average molecular weight is 204 g/mol. The SMILES string of the molecule is CC(C)OC(=O)N(C)CCC(N)=S. The smallest absolute Gasteiger partial charge is 0.409 e. The van der Waals surface area contributed by atoms with E-state index in [1.807, 2.05) is 0 Å². The van der Waals surface area contributed by atoms with Gasteiger partial charge in [0.05, 0.1) is 11.1 Å². The largest absolute Gasteiger partial charge is 0.447 e. The lowest BCUT2D eigenvalue weighted by molar-refractivity contribution is 0.0848. The number of amides is 1. The lowest BCUT2D eigenvalue weighted by Crippen LogP contribution is -2.32. The fraction of sp³-hybridized carbons (Fsp3) is 0.750. The van der Waals surface area contributed by atoms with Crippen molar-refractivity contribution in [2.45, 2.75) is 26.4 Å². The molecule has 0 aromatic rings. The first-order valence-corrected chi connectivity index (χ1v) is 4.54. The lowest BCUT2D eigenvalue weighted by Gasteiger charge is -2.18. The number of carbonyl (C=O) groups excluding carboxylic acids is 1. The van der Waals surface area contributed by atoms with Gasteiger partial charge in [0.2, 0.25) is 0 Å². The zero-order valence-electron chi connectivity index (χ0n) is 8.24. The normalized spacial score (nSPS) is 9.85. The van der Waals surface area contributed by atoms with Crippen LogP contribution < -0.4 is 5.73 Å². The molecule has 13 heavy (non-hydrogen) atoms. The third-order valence-electron chi connectivity index (χ3n) is 1.34. The second-order valence-electron chi connectivity index (χ2n) is 3.07. The molecule has 0 bridgehead atoms. The maximum absolute atomic E-state index is 11.2. The van der Waals surface area contributed by atoms with Gasteiger partial charge in [-0.15, -0.1) is 0 Å². The first-order chi connectivity index (χ1) is 5.93. The topological polar surface area (TPSA) is 55.6 Å². The van der Waals surface area contributed by atoms with Crippen molar-refractivity contribution >= 4 is 23.3 Å². The Kier molecular flexibility index (Phi) is 5.37. The molecule has 0 heterocycles. The van der Waals surface area contributed by atoms with Crippen LogP contribution in [0, 0.1) is 0 Å². The third kappa shape index (κ3) is 6.33. The van der Waals surface area contributed by atoms with Gasteiger partial charge < -0.3 is 15.4 Å². The number of thiocarbonyl (C=S) groups is 1. The minimum absolute atomic E-state index is 0.0974. The van der Waals surface area contributed by atoms with Crippen molar-refractivity contribution in [1.29, 1.82) is 0 Å². The number of nitrogens with zero attached hydrogens (tertiary/aromatic N) is 1. The Hall–Kier alpha value is -0.840. The van der Waals surface area contributed by atoms with Gasteiger partial charge in [0.1, 0.15) is 0 Å². The zero-order chi connectivity index (χ0) is 10.4. The predicted octanol–water partition coefficient (Wildman–Crippen LogP) is 1.14. The van der Waals surface area contributed by atoms with E-state index < -0.39 is 0 Å². The maximum Gasteiger partial charge on any atom is 0.409 e. The summed E-state index contributed by atoms with van der Waals surface area (Å²) in [7, 11) is 1.66. The van der Waals surface area contributed by atoms with Crippen molar-refractivity contribution in [3.8, 4) is 0 Å². The summed E-state index contributed by atoms with van der Waals surface area (Å²) in [5, 5.41) is 0. The Morgan fingerprint density at radius 2 is 2.15 bits per heavy atom. The molecule has 4 nitrogen and oxygen atoms in total. The standard InChI is InChI=1S/C8H16N2O2S/c1-6(2)12-8(11)10(3)5-4-7(9)13/h6H,4-5H2,1-3H3,(H2,9,13). The number of rotatable bonds is 4. The van der Waals surface area contributed by atoms with Gasteiger partial charge in [-0.3, -0.25) is 0 Å². The summed E-state index contributed by atoms with van der Waals surface area (Å²) in [6.45, 7) is 4.11. The van der Waals surface area contributed by atoms with Gasteiger partial charge in [-0.2, -0.15) is 0 Å². The molecule has 76 valence electrons. The summed E-state index contributed by atoms with van der Waals surface area (Å²) in [6, 6.07) is 0. The van der Waals surface area contributed by atoms with Crippen LogP contribution in [0.2, 0.25) is 0 Å². The van der Waals surface area contributed by atoms with E-state index in [0.717, 1.165) is 0 Å². The highest BCUT2D eigenvalue weighted by Crippen LogP contribution is 1.96. The average Bonchev–Trinajstić information content (AvgIpc) is 1.98. The first kappa shape index (κ1) is 12.2. The van der Waals surface area contributed by atoms with Gasteiger partial charge in [0.15, 0.2) is 0 Å². The maximum atomic E-state index is 11.2. The first-order valence-electron chi connectivity index (χ1n) is 4.13. The van der Waals surface area contributed by atoms with E-state index in [1.165, 1.54) is 4.90 Å². The molecule has 0 radical (unpaired) electrons. The van der Waals surface area contributed by atoms with Crippen molar-refractivity contribution in [3.63, 3.8) is 0 Å². The summed E-state index contributed by atoms with van der Waals surface area (Å²) in [5.74, 6) is 0. The Morgan fingerprint density at radius 1 is 1.62 bits per heavy atom. The molecule has 0 fully saturated rings. The lowest BCUT2D eigenvalue weighted by atomic mass is 10.4. The van der Waals surface area contributed by atoms with E-state index in [0.29, 0.717) is 18.0 Å². The van der Waals surface area contributed by atoms with Gasteiger partial charge in [-0.05, 0) is 13.8 Å². The molecule has 0 aromatic carbocycles. The van der Waals surface area contributed by atoms with E-state index >= 15 is 0 Å². The second-order valence-corrected chi connectivity index (χ2v) is 3.59. The summed E-state index contributed by atoms with van der Waals surface area (Å²) < 4.78 is 4.95. The molecule has 0 rings (SSSR count). The van der Waals surface area contributed by atoms with Gasteiger partial charge in [0.25, 0.3) is 0 Å². The van der Waals surface area contributed by atoms with Crippen LogP contribution in [0.1, 0.15) is 20.3 Å². The molecule has 0 aliphatic carbocycles. The van der Waals surface area contributed by atoms with E-state index in [-0.39, 0.29) is 12.2 Å². The van der Waals surface area contributed by atoms with Gasteiger partial charge >= 0.3 is 6.09 Å². The molecule has 0 unspecified atom stereocenters. The highest BCUT2D eigenvalue weighted by molar-refractivity contribution is 7.80. The van der Waals surface area contributed by atoms with Crippen LogP contribution in [0.5, 0.6) is 0 Å². The quantitative estimate of drug-likeness (QED) is 0.698. The zero-order valence-corrected chi connectivity index (χ0v) is 9.06. The van der Waals surface area contributed by atoms with E-state index in [1.54, 1.807) is 20.9 Å². The van der Waals surface area contributed by atoms with E-state index in [2.05, 4.69) is 12.2 Å². The Balaban J connectivity index is 3.76. The number of hydrogen-bond donors (Lipinski definition) is 1. The summed E-state index contributed by atoms with van der Waals surface area (Å²) >= 11 is 4.69. The molecule has 0 saturated heterocycles. The molecular formula is C8H16N2O2S. The monoisotopic (exact) mass is 204 g/mol. The van der Waals surface area contributed by atoms with Gasteiger partial charge in [-0.1, -0.05) is 12.2 Å². The number of nitrogens with two attached hydrogens (primary N) is 1. The highest BCUT2D eigenvalue weighted by Gasteiger charge is 2.10. The number of hydrogen-bond acceptors (Lipinski definition) is 3. The fourth-order valence-corrected chi connectivity index (χ4v) is 0.752. The molecular weight excluding hydrogens is 188 g/mol. The second kappa shape index (κ2) is 5.75. The predicted molar refractivity (Wildman–Crippen MR) is 55.6 cm³/mol.